The molecule has 2 heterocycles. The van der Waals surface area contributed by atoms with Crippen molar-refractivity contribution in [3.63, 3.8) is 0 Å². The van der Waals surface area contributed by atoms with Gasteiger partial charge in [0.05, 0.1) is 11.8 Å². The highest BCUT2D eigenvalue weighted by molar-refractivity contribution is 6.29. The molecule has 0 bridgehead atoms. The molecule has 1 fully saturated rings. The van der Waals surface area contributed by atoms with E-state index < -0.39 is 0 Å². The van der Waals surface area contributed by atoms with Crippen molar-refractivity contribution < 1.29 is 0 Å². The fourth-order valence-electron chi connectivity index (χ4n) is 2.65. The van der Waals surface area contributed by atoms with Gasteiger partial charge < -0.3 is 0 Å². The molecule has 3 rings (SSSR count). The zero-order valence-electron chi connectivity index (χ0n) is 11.0. The molecule has 0 saturated heterocycles. The molecule has 0 N–H and O–H groups in total. The van der Waals surface area contributed by atoms with Gasteiger partial charge in [0.2, 0.25) is 0 Å². The average Bonchev–Trinajstić information content (AvgIpc) is 3.09. The van der Waals surface area contributed by atoms with E-state index in [-0.39, 0.29) is 0 Å². The third kappa shape index (κ3) is 2.63. The molecule has 1 aliphatic rings. The summed E-state index contributed by atoms with van der Waals surface area (Å²) in [5, 5.41) is 4.79. The van der Waals surface area contributed by atoms with E-state index in [9.17, 15) is 0 Å². The first kappa shape index (κ1) is 12.6. The third-order valence-corrected chi connectivity index (χ3v) is 3.90. The largest absolute Gasteiger partial charge is 0.272 e. The fourth-order valence-corrected chi connectivity index (χ4v) is 2.84. The Morgan fingerprint density at radius 3 is 2.79 bits per heavy atom. The summed E-state index contributed by atoms with van der Waals surface area (Å²) in [5.41, 5.74) is 2.01. The predicted molar refractivity (Wildman–Crippen MR) is 75.1 cm³/mol. The second-order valence-electron chi connectivity index (χ2n) is 5.01. The average molecular weight is 277 g/mol. The highest BCUT2D eigenvalue weighted by Gasteiger charge is 2.20. The van der Waals surface area contributed by atoms with E-state index in [0.717, 1.165) is 17.8 Å². The SMILES string of the molecule is CCn1cc(-c2nc(Cl)cc(C3CCCC3)n2)cn1. The number of hydrogen-bond acceptors (Lipinski definition) is 3. The third-order valence-electron chi connectivity index (χ3n) is 3.70. The van der Waals surface area contributed by atoms with E-state index in [4.69, 9.17) is 11.6 Å². The first-order chi connectivity index (χ1) is 9.26. The van der Waals surface area contributed by atoms with Gasteiger partial charge in [-0.15, -0.1) is 0 Å². The molecule has 1 saturated carbocycles. The van der Waals surface area contributed by atoms with Crippen molar-refractivity contribution in [2.24, 2.45) is 0 Å². The van der Waals surface area contributed by atoms with E-state index in [0.29, 0.717) is 16.9 Å². The summed E-state index contributed by atoms with van der Waals surface area (Å²) in [6.45, 7) is 2.90. The maximum Gasteiger partial charge on any atom is 0.164 e. The van der Waals surface area contributed by atoms with Crippen LogP contribution >= 0.6 is 11.6 Å². The maximum absolute atomic E-state index is 6.14. The minimum absolute atomic E-state index is 0.524. The van der Waals surface area contributed by atoms with Gasteiger partial charge in [-0.25, -0.2) is 9.97 Å². The Morgan fingerprint density at radius 2 is 2.11 bits per heavy atom. The van der Waals surface area contributed by atoms with Gasteiger partial charge in [0.25, 0.3) is 0 Å². The molecule has 2 aromatic rings. The summed E-state index contributed by atoms with van der Waals surface area (Å²) in [4.78, 5) is 9.01. The molecule has 0 aromatic carbocycles. The van der Waals surface area contributed by atoms with Crippen LogP contribution in [0.3, 0.4) is 0 Å². The molecule has 1 aliphatic carbocycles. The lowest BCUT2D eigenvalue weighted by molar-refractivity contribution is 0.660. The number of hydrogen-bond donors (Lipinski definition) is 0. The van der Waals surface area contributed by atoms with Crippen molar-refractivity contribution in [1.29, 1.82) is 0 Å². The highest BCUT2D eigenvalue weighted by atomic mass is 35.5. The van der Waals surface area contributed by atoms with Crippen LogP contribution in [-0.4, -0.2) is 19.7 Å². The highest BCUT2D eigenvalue weighted by Crippen LogP contribution is 2.34. The molecule has 0 atom stereocenters. The Morgan fingerprint density at radius 1 is 1.32 bits per heavy atom. The Kier molecular flexibility index (Phi) is 3.51. The Balaban J connectivity index is 1.96. The van der Waals surface area contributed by atoms with Gasteiger partial charge in [-0.1, -0.05) is 24.4 Å². The van der Waals surface area contributed by atoms with Crippen molar-refractivity contribution in [3.8, 4) is 11.4 Å². The van der Waals surface area contributed by atoms with Crippen LogP contribution in [-0.2, 0) is 6.54 Å². The fraction of sp³-hybridized carbons (Fsp3) is 0.500. The monoisotopic (exact) mass is 276 g/mol. The van der Waals surface area contributed by atoms with Crippen LogP contribution in [0.5, 0.6) is 0 Å². The summed E-state index contributed by atoms with van der Waals surface area (Å²) >= 11 is 6.14. The molecule has 4 nitrogen and oxygen atoms in total. The van der Waals surface area contributed by atoms with E-state index in [2.05, 4.69) is 22.0 Å². The first-order valence-corrected chi connectivity index (χ1v) is 7.21. The molecule has 0 aliphatic heterocycles. The second kappa shape index (κ2) is 5.29. The summed E-state index contributed by atoms with van der Waals surface area (Å²) in [7, 11) is 0. The van der Waals surface area contributed by atoms with Crippen LogP contribution in [0.15, 0.2) is 18.5 Å². The van der Waals surface area contributed by atoms with Gasteiger partial charge in [-0.05, 0) is 25.8 Å². The molecule has 0 amide bonds. The lowest BCUT2D eigenvalue weighted by Crippen LogP contribution is -2.00. The van der Waals surface area contributed by atoms with Gasteiger partial charge in [0.15, 0.2) is 5.82 Å². The molecule has 0 radical (unpaired) electrons. The van der Waals surface area contributed by atoms with Crippen LogP contribution in [0.25, 0.3) is 11.4 Å². The Bertz CT molecular complexity index is 573. The Labute approximate surface area is 117 Å². The van der Waals surface area contributed by atoms with E-state index in [1.165, 1.54) is 25.7 Å². The quantitative estimate of drug-likeness (QED) is 0.804. The molecule has 5 heteroatoms. The zero-order valence-corrected chi connectivity index (χ0v) is 11.8. The van der Waals surface area contributed by atoms with Crippen molar-refractivity contribution in [2.75, 3.05) is 0 Å². The number of rotatable bonds is 3. The summed E-state index contributed by atoms with van der Waals surface area (Å²) in [5.74, 6) is 1.23. The molecule has 0 unspecified atom stereocenters. The molecular weight excluding hydrogens is 260 g/mol. The van der Waals surface area contributed by atoms with Crippen LogP contribution < -0.4 is 0 Å². The predicted octanol–water partition coefficient (Wildman–Crippen LogP) is 3.67. The zero-order chi connectivity index (χ0) is 13.2. The van der Waals surface area contributed by atoms with Crippen LogP contribution in [0.4, 0.5) is 0 Å². The van der Waals surface area contributed by atoms with Gasteiger partial charge in [0.1, 0.15) is 5.15 Å². The lowest BCUT2D eigenvalue weighted by atomic mass is 10.0. The van der Waals surface area contributed by atoms with Gasteiger partial charge >= 0.3 is 0 Å². The molecule has 0 spiro atoms. The molecule has 19 heavy (non-hydrogen) atoms. The van der Waals surface area contributed by atoms with Crippen molar-refractivity contribution >= 4 is 11.6 Å². The number of aryl methyl sites for hydroxylation is 1. The normalized spacial score (nSPS) is 16.1. The molecule has 100 valence electrons. The minimum Gasteiger partial charge on any atom is -0.272 e. The second-order valence-corrected chi connectivity index (χ2v) is 5.39. The smallest absolute Gasteiger partial charge is 0.164 e. The van der Waals surface area contributed by atoms with Crippen molar-refractivity contribution in [1.82, 2.24) is 19.7 Å². The molecule has 2 aromatic heterocycles. The van der Waals surface area contributed by atoms with Crippen LogP contribution in [0, 0.1) is 0 Å². The Hall–Kier alpha value is -1.42. The summed E-state index contributed by atoms with van der Waals surface area (Å²) < 4.78 is 1.87. The number of aromatic nitrogens is 4. The number of nitrogens with zero attached hydrogens (tertiary/aromatic N) is 4. The first-order valence-electron chi connectivity index (χ1n) is 6.83. The van der Waals surface area contributed by atoms with E-state index >= 15 is 0 Å². The number of halogens is 1. The van der Waals surface area contributed by atoms with Crippen molar-refractivity contribution in [2.45, 2.75) is 45.1 Å². The van der Waals surface area contributed by atoms with Crippen LogP contribution in [0.1, 0.15) is 44.2 Å². The van der Waals surface area contributed by atoms with Gasteiger partial charge in [-0.3, -0.25) is 4.68 Å². The molecular formula is C14H17ClN4. The van der Waals surface area contributed by atoms with Crippen LogP contribution in [0.2, 0.25) is 5.15 Å². The van der Waals surface area contributed by atoms with Gasteiger partial charge in [-0.2, -0.15) is 5.10 Å². The van der Waals surface area contributed by atoms with Crippen molar-refractivity contribution in [3.05, 3.63) is 29.3 Å². The van der Waals surface area contributed by atoms with E-state index in [1.54, 1.807) is 6.20 Å². The van der Waals surface area contributed by atoms with E-state index in [1.807, 2.05) is 16.9 Å². The van der Waals surface area contributed by atoms with Gasteiger partial charge in [0, 0.05) is 24.4 Å². The summed E-state index contributed by atoms with van der Waals surface area (Å²) in [6.07, 6.45) is 8.75. The topological polar surface area (TPSA) is 43.6 Å². The maximum atomic E-state index is 6.14. The standard InChI is InChI=1S/C14H17ClN4/c1-2-19-9-11(8-16-19)14-17-12(7-13(15)18-14)10-5-3-4-6-10/h7-10H,2-6H2,1H3. The lowest BCUT2D eigenvalue weighted by Gasteiger charge is -2.09. The minimum atomic E-state index is 0.524. The summed E-state index contributed by atoms with van der Waals surface area (Å²) in [6, 6.07) is 1.91.